The topological polar surface area (TPSA) is 70.7 Å². The van der Waals surface area contributed by atoms with E-state index in [1.165, 1.54) is 19.3 Å². The summed E-state index contributed by atoms with van der Waals surface area (Å²) in [6.07, 6.45) is 6.61. The summed E-state index contributed by atoms with van der Waals surface area (Å²) >= 11 is 1.63. The van der Waals surface area contributed by atoms with Gasteiger partial charge < -0.3 is 9.88 Å². The fourth-order valence-corrected chi connectivity index (χ4v) is 3.97. The number of thioether (sulfide) groups is 1. The molecule has 1 aromatic heterocycles. The van der Waals surface area contributed by atoms with Gasteiger partial charge in [-0.3, -0.25) is 4.79 Å². The summed E-state index contributed by atoms with van der Waals surface area (Å²) in [6.45, 7) is 0.800. The van der Waals surface area contributed by atoms with Gasteiger partial charge in [-0.25, -0.2) is 4.98 Å². The van der Waals surface area contributed by atoms with Gasteiger partial charge in [0.05, 0.1) is 0 Å². The quantitative estimate of drug-likeness (QED) is 0.929. The SMILES string of the molecule is N#Cc1c(NC(=O)CC2CCCCC2)nc2n1CCS2. The average Bonchev–Trinajstić information content (AvgIpc) is 3.00. The number of nitriles is 1. The Kier molecular flexibility index (Phi) is 3.97. The van der Waals surface area contributed by atoms with Crippen LogP contribution < -0.4 is 5.32 Å². The van der Waals surface area contributed by atoms with E-state index in [1.807, 2.05) is 4.57 Å². The summed E-state index contributed by atoms with van der Waals surface area (Å²) in [4.78, 5) is 16.5. The van der Waals surface area contributed by atoms with Crippen LogP contribution in [0.3, 0.4) is 0 Å². The van der Waals surface area contributed by atoms with Crippen molar-refractivity contribution in [3.05, 3.63) is 5.69 Å². The molecule has 2 aliphatic rings. The molecule has 0 aromatic carbocycles. The van der Waals surface area contributed by atoms with Gasteiger partial charge in [-0.05, 0) is 18.8 Å². The van der Waals surface area contributed by atoms with Crippen LogP contribution in [0.15, 0.2) is 5.16 Å². The fourth-order valence-electron chi connectivity index (χ4n) is 3.02. The highest BCUT2D eigenvalue weighted by Crippen LogP contribution is 2.31. The summed E-state index contributed by atoms with van der Waals surface area (Å²) in [7, 11) is 0. The molecule has 1 aliphatic carbocycles. The first-order chi connectivity index (χ1) is 9.78. The first kappa shape index (κ1) is 13.5. The van der Waals surface area contributed by atoms with Crippen molar-refractivity contribution < 1.29 is 4.79 Å². The smallest absolute Gasteiger partial charge is 0.225 e. The van der Waals surface area contributed by atoms with Gasteiger partial charge >= 0.3 is 0 Å². The molecular weight excluding hydrogens is 272 g/mol. The van der Waals surface area contributed by atoms with Crippen molar-refractivity contribution in [1.29, 1.82) is 5.26 Å². The number of anilines is 1. The Hall–Kier alpha value is -1.48. The number of hydrogen-bond donors (Lipinski definition) is 1. The third kappa shape index (κ3) is 2.68. The van der Waals surface area contributed by atoms with Gasteiger partial charge in [0.25, 0.3) is 0 Å². The Bertz CT molecular complexity index is 554. The van der Waals surface area contributed by atoms with E-state index in [4.69, 9.17) is 0 Å². The highest BCUT2D eigenvalue weighted by atomic mass is 32.2. The van der Waals surface area contributed by atoms with E-state index < -0.39 is 0 Å². The Morgan fingerprint density at radius 3 is 3.00 bits per heavy atom. The maximum Gasteiger partial charge on any atom is 0.225 e. The second-order valence-electron chi connectivity index (χ2n) is 5.46. The van der Waals surface area contributed by atoms with Crippen LogP contribution in [0.2, 0.25) is 0 Å². The Morgan fingerprint density at radius 1 is 1.45 bits per heavy atom. The van der Waals surface area contributed by atoms with Crippen LogP contribution in [-0.2, 0) is 11.3 Å². The Morgan fingerprint density at radius 2 is 2.25 bits per heavy atom. The number of carbonyl (C=O) groups excluding carboxylic acids is 1. The predicted molar refractivity (Wildman–Crippen MR) is 77.5 cm³/mol. The summed E-state index contributed by atoms with van der Waals surface area (Å²) in [6, 6.07) is 2.16. The molecule has 0 radical (unpaired) electrons. The minimum Gasteiger partial charge on any atom is -0.308 e. The molecule has 1 aliphatic heterocycles. The molecule has 0 bridgehead atoms. The zero-order valence-corrected chi connectivity index (χ0v) is 12.2. The van der Waals surface area contributed by atoms with Gasteiger partial charge in [-0.1, -0.05) is 31.0 Å². The lowest BCUT2D eigenvalue weighted by atomic mass is 9.87. The molecule has 1 N–H and O–H groups in total. The number of nitrogens with zero attached hydrogens (tertiary/aromatic N) is 3. The molecule has 3 rings (SSSR count). The number of fused-ring (bicyclic) bond motifs is 1. The van der Waals surface area contributed by atoms with Crippen LogP contribution in [0.4, 0.5) is 5.82 Å². The van der Waals surface area contributed by atoms with Gasteiger partial charge in [0.1, 0.15) is 6.07 Å². The molecule has 1 aromatic rings. The molecule has 0 saturated heterocycles. The molecule has 5 nitrogen and oxygen atoms in total. The monoisotopic (exact) mass is 290 g/mol. The van der Waals surface area contributed by atoms with Crippen LogP contribution >= 0.6 is 11.8 Å². The van der Waals surface area contributed by atoms with E-state index in [2.05, 4.69) is 16.4 Å². The van der Waals surface area contributed by atoms with Crippen LogP contribution in [0.5, 0.6) is 0 Å². The maximum absolute atomic E-state index is 12.1. The molecule has 2 heterocycles. The van der Waals surface area contributed by atoms with E-state index >= 15 is 0 Å². The van der Waals surface area contributed by atoms with Gasteiger partial charge in [0, 0.05) is 18.7 Å². The van der Waals surface area contributed by atoms with Crippen molar-refractivity contribution in [1.82, 2.24) is 9.55 Å². The maximum atomic E-state index is 12.1. The van der Waals surface area contributed by atoms with Crippen molar-refractivity contribution in [2.24, 2.45) is 5.92 Å². The molecule has 1 fully saturated rings. The van der Waals surface area contributed by atoms with Gasteiger partial charge in [-0.2, -0.15) is 5.26 Å². The minimum absolute atomic E-state index is 0.00447. The largest absolute Gasteiger partial charge is 0.308 e. The van der Waals surface area contributed by atoms with E-state index in [9.17, 15) is 10.1 Å². The average molecular weight is 290 g/mol. The third-order valence-electron chi connectivity index (χ3n) is 4.04. The number of nitrogens with one attached hydrogen (secondary N) is 1. The lowest BCUT2D eigenvalue weighted by Gasteiger charge is -2.20. The first-order valence-corrected chi connectivity index (χ1v) is 8.20. The molecule has 0 atom stereocenters. The standard InChI is InChI=1S/C14H18N4OS/c15-9-11-13(17-14-18(11)6-7-20-14)16-12(19)8-10-4-2-1-3-5-10/h10H,1-8H2,(H,16,19). The fraction of sp³-hybridized carbons (Fsp3) is 0.643. The van der Waals surface area contributed by atoms with Crippen LogP contribution in [-0.4, -0.2) is 21.2 Å². The first-order valence-electron chi connectivity index (χ1n) is 7.21. The van der Waals surface area contributed by atoms with Gasteiger partial charge in [0.2, 0.25) is 5.91 Å². The normalized spacial score (nSPS) is 18.6. The summed E-state index contributed by atoms with van der Waals surface area (Å²) in [5, 5.41) is 12.9. The van der Waals surface area contributed by atoms with Crippen LogP contribution in [0.25, 0.3) is 0 Å². The molecule has 0 unspecified atom stereocenters. The van der Waals surface area contributed by atoms with E-state index in [0.717, 1.165) is 30.3 Å². The van der Waals surface area contributed by atoms with Gasteiger partial charge in [-0.15, -0.1) is 0 Å². The predicted octanol–water partition coefficient (Wildman–Crippen LogP) is 2.77. The number of rotatable bonds is 3. The number of imidazole rings is 1. The number of aromatic nitrogens is 2. The van der Waals surface area contributed by atoms with Crippen molar-refractivity contribution in [2.75, 3.05) is 11.1 Å². The zero-order chi connectivity index (χ0) is 13.9. The van der Waals surface area contributed by atoms with Gasteiger partial charge in [0.15, 0.2) is 16.7 Å². The van der Waals surface area contributed by atoms with Crippen LogP contribution in [0, 0.1) is 17.2 Å². The summed E-state index contributed by atoms with van der Waals surface area (Å²) in [5.41, 5.74) is 0.488. The van der Waals surface area contributed by atoms with Crippen molar-refractivity contribution >= 4 is 23.5 Å². The second kappa shape index (κ2) is 5.88. The van der Waals surface area contributed by atoms with Crippen molar-refractivity contribution in [3.8, 4) is 6.07 Å². The molecular formula is C14H18N4OS. The lowest BCUT2D eigenvalue weighted by molar-refractivity contribution is -0.117. The van der Waals surface area contributed by atoms with Crippen molar-refractivity contribution in [2.45, 2.75) is 50.2 Å². The summed E-state index contributed by atoms with van der Waals surface area (Å²) < 4.78 is 1.89. The molecule has 106 valence electrons. The number of amides is 1. The van der Waals surface area contributed by atoms with E-state index in [0.29, 0.717) is 23.9 Å². The lowest BCUT2D eigenvalue weighted by Crippen LogP contribution is -2.19. The Labute approximate surface area is 122 Å². The summed E-state index contributed by atoms with van der Waals surface area (Å²) in [5.74, 6) is 1.89. The Balaban J connectivity index is 1.65. The molecule has 0 spiro atoms. The molecule has 1 saturated carbocycles. The highest BCUT2D eigenvalue weighted by Gasteiger charge is 2.24. The molecule has 1 amide bonds. The van der Waals surface area contributed by atoms with Crippen LogP contribution in [0.1, 0.15) is 44.2 Å². The second-order valence-corrected chi connectivity index (χ2v) is 6.52. The zero-order valence-electron chi connectivity index (χ0n) is 11.4. The van der Waals surface area contributed by atoms with E-state index in [-0.39, 0.29) is 5.91 Å². The minimum atomic E-state index is -0.00447. The molecule has 20 heavy (non-hydrogen) atoms. The van der Waals surface area contributed by atoms with Crippen molar-refractivity contribution in [3.63, 3.8) is 0 Å². The van der Waals surface area contributed by atoms with E-state index in [1.54, 1.807) is 11.8 Å². The highest BCUT2D eigenvalue weighted by molar-refractivity contribution is 7.99. The number of hydrogen-bond acceptors (Lipinski definition) is 4. The molecule has 6 heteroatoms. The third-order valence-corrected chi connectivity index (χ3v) is 5.00. The number of carbonyl (C=O) groups is 1.